The molecule has 0 saturated carbocycles. The molecule has 3 rings (SSSR count). The maximum Gasteiger partial charge on any atom is 0.240 e. The van der Waals surface area contributed by atoms with Gasteiger partial charge in [-0.1, -0.05) is 12.1 Å². The summed E-state index contributed by atoms with van der Waals surface area (Å²) in [5.41, 5.74) is 1.49. The van der Waals surface area contributed by atoms with Gasteiger partial charge in [0.2, 0.25) is 15.9 Å². The van der Waals surface area contributed by atoms with Crippen LogP contribution in [0.15, 0.2) is 52.3 Å². The Bertz CT molecular complexity index is 927. The predicted octanol–water partition coefficient (Wildman–Crippen LogP) is 3.02. The Balaban J connectivity index is 1.77. The van der Waals surface area contributed by atoms with Crippen LogP contribution >= 0.6 is 11.8 Å². The van der Waals surface area contributed by atoms with Crippen molar-refractivity contribution >= 4 is 33.4 Å². The Morgan fingerprint density at radius 2 is 1.96 bits per heavy atom. The molecule has 8 heteroatoms. The van der Waals surface area contributed by atoms with E-state index in [0.29, 0.717) is 18.8 Å². The van der Waals surface area contributed by atoms with Crippen molar-refractivity contribution < 1.29 is 17.9 Å². The number of carbonyl (C=O) groups is 1. The van der Waals surface area contributed by atoms with Gasteiger partial charge in [0, 0.05) is 30.7 Å². The highest BCUT2D eigenvalue weighted by Gasteiger charge is 2.23. The summed E-state index contributed by atoms with van der Waals surface area (Å²) in [6.45, 7) is 4.74. The summed E-state index contributed by atoms with van der Waals surface area (Å²) in [6, 6.07) is 12.2. The van der Waals surface area contributed by atoms with Gasteiger partial charge in [-0.2, -0.15) is 0 Å². The second-order valence-electron chi connectivity index (χ2n) is 6.05. The summed E-state index contributed by atoms with van der Waals surface area (Å²) in [4.78, 5) is 14.5. The lowest BCUT2D eigenvalue weighted by Gasteiger charge is -2.28. The smallest absolute Gasteiger partial charge is 0.240 e. The Kier molecular flexibility index (Phi) is 6.08. The second kappa shape index (κ2) is 8.33. The number of hydrogen-bond acceptors (Lipinski definition) is 5. The van der Waals surface area contributed by atoms with E-state index in [1.165, 1.54) is 6.92 Å². The average Bonchev–Trinajstić information content (AvgIpc) is 2.66. The van der Waals surface area contributed by atoms with Gasteiger partial charge in [-0.05, 0) is 42.8 Å². The lowest BCUT2D eigenvalue weighted by atomic mass is 10.2. The van der Waals surface area contributed by atoms with Gasteiger partial charge in [-0.15, -0.1) is 11.8 Å². The van der Waals surface area contributed by atoms with Crippen LogP contribution in [-0.4, -0.2) is 33.2 Å². The number of nitrogens with one attached hydrogen (secondary N) is 1. The van der Waals surface area contributed by atoms with Crippen LogP contribution in [0.4, 0.5) is 5.69 Å². The minimum atomic E-state index is -3.69. The summed E-state index contributed by atoms with van der Waals surface area (Å²) in [7, 11) is -3.69. The predicted molar refractivity (Wildman–Crippen MR) is 107 cm³/mol. The topological polar surface area (TPSA) is 75.7 Å². The van der Waals surface area contributed by atoms with Crippen LogP contribution in [0.5, 0.6) is 5.75 Å². The number of rotatable bonds is 6. The van der Waals surface area contributed by atoms with Crippen molar-refractivity contribution in [2.45, 2.75) is 30.2 Å². The SMILES string of the molecule is CCOc1ccc(CNS(=O)(=O)c2ccc3c(c2)N(C(C)=O)CCS3)cc1. The van der Waals surface area contributed by atoms with Crippen molar-refractivity contribution in [2.75, 3.05) is 23.8 Å². The number of thioether (sulfide) groups is 1. The fourth-order valence-corrected chi connectivity index (χ4v) is 4.84. The van der Waals surface area contributed by atoms with Crippen LogP contribution in [0.25, 0.3) is 0 Å². The first-order valence-corrected chi connectivity index (χ1v) is 11.1. The highest BCUT2D eigenvalue weighted by atomic mass is 32.2. The van der Waals surface area contributed by atoms with Gasteiger partial charge in [0.1, 0.15) is 5.75 Å². The molecule has 0 bridgehead atoms. The number of ether oxygens (including phenoxy) is 1. The summed E-state index contributed by atoms with van der Waals surface area (Å²) < 4.78 is 33.4. The van der Waals surface area contributed by atoms with E-state index in [9.17, 15) is 13.2 Å². The number of carbonyl (C=O) groups excluding carboxylic acids is 1. The summed E-state index contributed by atoms with van der Waals surface area (Å²) in [5, 5.41) is 0. The highest BCUT2D eigenvalue weighted by Crippen LogP contribution is 2.36. The van der Waals surface area contributed by atoms with Crippen LogP contribution in [0.1, 0.15) is 19.4 Å². The van der Waals surface area contributed by atoms with Gasteiger partial charge in [0.25, 0.3) is 0 Å². The molecule has 0 saturated heterocycles. The Labute approximate surface area is 164 Å². The Hall–Kier alpha value is -2.03. The Morgan fingerprint density at radius 3 is 2.63 bits per heavy atom. The molecule has 0 aliphatic carbocycles. The molecule has 1 aliphatic heterocycles. The van der Waals surface area contributed by atoms with E-state index in [1.54, 1.807) is 34.9 Å². The molecule has 1 amide bonds. The molecule has 2 aromatic carbocycles. The summed E-state index contributed by atoms with van der Waals surface area (Å²) >= 11 is 1.62. The number of hydrogen-bond donors (Lipinski definition) is 1. The van der Waals surface area contributed by atoms with Gasteiger partial charge in [0.05, 0.1) is 17.2 Å². The third-order valence-electron chi connectivity index (χ3n) is 4.18. The minimum Gasteiger partial charge on any atom is -0.494 e. The molecule has 0 atom stereocenters. The first kappa shape index (κ1) is 19.7. The molecule has 0 fully saturated rings. The van der Waals surface area contributed by atoms with Crippen LogP contribution in [0.2, 0.25) is 0 Å². The van der Waals surface area contributed by atoms with Crippen molar-refractivity contribution in [3.63, 3.8) is 0 Å². The first-order valence-electron chi connectivity index (χ1n) is 8.67. The first-order chi connectivity index (χ1) is 12.9. The largest absolute Gasteiger partial charge is 0.494 e. The van der Waals surface area contributed by atoms with Crippen LogP contribution in [0.3, 0.4) is 0 Å². The van der Waals surface area contributed by atoms with Gasteiger partial charge in [-0.25, -0.2) is 13.1 Å². The zero-order valence-corrected chi connectivity index (χ0v) is 16.9. The lowest BCUT2D eigenvalue weighted by Crippen LogP contribution is -2.33. The average molecular weight is 407 g/mol. The number of benzene rings is 2. The van der Waals surface area contributed by atoms with Crippen molar-refractivity contribution in [1.29, 1.82) is 0 Å². The van der Waals surface area contributed by atoms with Gasteiger partial charge in [0.15, 0.2) is 0 Å². The van der Waals surface area contributed by atoms with E-state index in [-0.39, 0.29) is 17.3 Å². The summed E-state index contributed by atoms with van der Waals surface area (Å²) in [6.07, 6.45) is 0. The molecule has 0 aromatic heterocycles. The molecule has 144 valence electrons. The van der Waals surface area contributed by atoms with E-state index in [4.69, 9.17) is 4.74 Å². The molecule has 0 radical (unpaired) electrons. The quantitative estimate of drug-likeness (QED) is 0.798. The van der Waals surface area contributed by atoms with Gasteiger partial charge >= 0.3 is 0 Å². The van der Waals surface area contributed by atoms with Crippen molar-refractivity contribution in [2.24, 2.45) is 0 Å². The monoisotopic (exact) mass is 406 g/mol. The van der Waals surface area contributed by atoms with E-state index in [1.807, 2.05) is 31.2 Å². The molecule has 0 spiro atoms. The van der Waals surface area contributed by atoms with E-state index < -0.39 is 10.0 Å². The van der Waals surface area contributed by atoms with Gasteiger partial charge < -0.3 is 9.64 Å². The number of fused-ring (bicyclic) bond motifs is 1. The van der Waals surface area contributed by atoms with E-state index in [0.717, 1.165) is 22.0 Å². The number of nitrogens with zero attached hydrogens (tertiary/aromatic N) is 1. The fourth-order valence-electron chi connectivity index (χ4n) is 2.82. The number of amides is 1. The normalized spacial score (nSPS) is 13.9. The fraction of sp³-hybridized carbons (Fsp3) is 0.316. The second-order valence-corrected chi connectivity index (χ2v) is 8.95. The third-order valence-corrected chi connectivity index (χ3v) is 6.63. The molecule has 6 nitrogen and oxygen atoms in total. The summed E-state index contributed by atoms with van der Waals surface area (Å²) in [5.74, 6) is 1.46. The molecule has 1 aliphatic rings. The Morgan fingerprint density at radius 1 is 1.22 bits per heavy atom. The highest BCUT2D eigenvalue weighted by molar-refractivity contribution is 7.99. The van der Waals surface area contributed by atoms with Crippen LogP contribution in [0, 0.1) is 0 Å². The third kappa shape index (κ3) is 4.63. The zero-order chi connectivity index (χ0) is 19.4. The number of sulfonamides is 1. The number of anilines is 1. The van der Waals surface area contributed by atoms with Crippen molar-refractivity contribution in [3.8, 4) is 5.75 Å². The molecule has 1 heterocycles. The molecular formula is C19H22N2O4S2. The molecule has 0 unspecified atom stereocenters. The van der Waals surface area contributed by atoms with Gasteiger partial charge in [-0.3, -0.25) is 4.79 Å². The van der Waals surface area contributed by atoms with E-state index >= 15 is 0 Å². The minimum absolute atomic E-state index is 0.0894. The standard InChI is InChI=1S/C19H22N2O4S2/c1-3-25-16-6-4-15(5-7-16)13-20-27(23,24)17-8-9-19-18(12-17)21(14(2)22)10-11-26-19/h4-9,12,20H,3,10-11,13H2,1-2H3. The molecular weight excluding hydrogens is 384 g/mol. The van der Waals surface area contributed by atoms with Crippen LogP contribution in [-0.2, 0) is 21.4 Å². The van der Waals surface area contributed by atoms with Crippen molar-refractivity contribution in [1.82, 2.24) is 4.72 Å². The molecule has 2 aromatic rings. The lowest BCUT2D eigenvalue weighted by molar-refractivity contribution is -0.116. The molecule has 1 N–H and O–H groups in total. The maximum absolute atomic E-state index is 12.7. The van der Waals surface area contributed by atoms with Crippen LogP contribution < -0.4 is 14.4 Å². The van der Waals surface area contributed by atoms with Crippen molar-refractivity contribution in [3.05, 3.63) is 48.0 Å². The zero-order valence-electron chi connectivity index (χ0n) is 15.3. The van der Waals surface area contributed by atoms with E-state index in [2.05, 4.69) is 4.72 Å². The molecule has 27 heavy (non-hydrogen) atoms. The maximum atomic E-state index is 12.7.